The molecule has 2 aliphatic rings. The predicted octanol–water partition coefficient (Wildman–Crippen LogP) is 1.94. The molecule has 1 aromatic carbocycles. The summed E-state index contributed by atoms with van der Waals surface area (Å²) in [5, 5.41) is 8.03. The lowest BCUT2D eigenvalue weighted by molar-refractivity contribution is 0.212. The molecule has 0 radical (unpaired) electrons. The molecule has 0 spiro atoms. The van der Waals surface area contributed by atoms with Gasteiger partial charge in [0.05, 0.1) is 25.6 Å². The highest BCUT2D eigenvalue weighted by Crippen LogP contribution is 2.32. The minimum absolute atomic E-state index is 0.489. The molecule has 0 amide bonds. The molecule has 1 fully saturated rings. The van der Waals surface area contributed by atoms with Crippen molar-refractivity contribution in [3.63, 3.8) is 0 Å². The van der Waals surface area contributed by atoms with Crippen LogP contribution < -0.4 is 19.7 Å². The van der Waals surface area contributed by atoms with Crippen LogP contribution in [-0.2, 0) is 12.8 Å². The van der Waals surface area contributed by atoms with Crippen LogP contribution in [0.5, 0.6) is 11.5 Å². The van der Waals surface area contributed by atoms with Gasteiger partial charge in [0.1, 0.15) is 5.82 Å². The number of rotatable bonds is 5. The van der Waals surface area contributed by atoms with E-state index in [2.05, 4.69) is 15.3 Å². The summed E-state index contributed by atoms with van der Waals surface area (Å²) in [6, 6.07) is 9.80. The Balaban J connectivity index is 1.33. The van der Waals surface area contributed by atoms with Gasteiger partial charge in [0, 0.05) is 43.6 Å². The molecular formula is C21H25N5O2. The second kappa shape index (κ2) is 7.31. The zero-order valence-electron chi connectivity index (χ0n) is 16.1. The van der Waals surface area contributed by atoms with Crippen molar-refractivity contribution in [2.24, 2.45) is 5.92 Å². The van der Waals surface area contributed by atoms with Gasteiger partial charge < -0.3 is 19.7 Å². The normalized spacial score (nSPS) is 17.1. The Bertz CT molecular complexity index is 980. The standard InChI is InChI=1S/C21H25N5O2/c1-27-18-4-2-3-5-19(18)28-14-15-12-25(13-15)21-16-6-9-22-10-7-17(16)24-20-8-11-23-26(20)21/h2-5,8,11,15,22H,6-7,9-10,12-14H2,1H3. The van der Waals surface area contributed by atoms with Crippen molar-refractivity contribution >= 4 is 11.5 Å². The fraction of sp³-hybridized carbons (Fsp3) is 0.429. The maximum Gasteiger partial charge on any atom is 0.161 e. The highest BCUT2D eigenvalue weighted by molar-refractivity contribution is 5.59. The van der Waals surface area contributed by atoms with E-state index in [9.17, 15) is 0 Å². The molecule has 2 aliphatic heterocycles. The van der Waals surface area contributed by atoms with Gasteiger partial charge in [-0.2, -0.15) is 9.61 Å². The Morgan fingerprint density at radius 3 is 2.79 bits per heavy atom. The van der Waals surface area contributed by atoms with Crippen LogP contribution in [-0.4, -0.2) is 54.5 Å². The fourth-order valence-corrected chi connectivity index (χ4v) is 4.13. The molecule has 1 N–H and O–H groups in total. The first-order valence-corrected chi connectivity index (χ1v) is 9.90. The van der Waals surface area contributed by atoms with E-state index in [1.165, 1.54) is 17.1 Å². The first-order chi connectivity index (χ1) is 13.8. The van der Waals surface area contributed by atoms with Crippen LogP contribution in [0.25, 0.3) is 5.65 Å². The molecule has 4 heterocycles. The molecule has 0 saturated carbocycles. The molecule has 0 bridgehead atoms. The zero-order valence-corrected chi connectivity index (χ0v) is 16.1. The van der Waals surface area contributed by atoms with E-state index in [-0.39, 0.29) is 0 Å². The highest BCUT2D eigenvalue weighted by Gasteiger charge is 2.32. The van der Waals surface area contributed by atoms with Crippen LogP contribution in [0.3, 0.4) is 0 Å². The monoisotopic (exact) mass is 379 g/mol. The maximum absolute atomic E-state index is 6.02. The van der Waals surface area contributed by atoms with Crippen molar-refractivity contribution in [3.8, 4) is 11.5 Å². The van der Waals surface area contributed by atoms with E-state index in [1.54, 1.807) is 7.11 Å². The summed E-state index contributed by atoms with van der Waals surface area (Å²) < 4.78 is 13.4. The summed E-state index contributed by atoms with van der Waals surface area (Å²) >= 11 is 0. The van der Waals surface area contributed by atoms with Gasteiger partial charge in [-0.3, -0.25) is 0 Å². The molecule has 3 aromatic rings. The van der Waals surface area contributed by atoms with Crippen LogP contribution in [0, 0.1) is 5.92 Å². The van der Waals surface area contributed by atoms with Gasteiger partial charge in [-0.25, -0.2) is 4.98 Å². The number of hydrogen-bond acceptors (Lipinski definition) is 6. The first-order valence-electron chi connectivity index (χ1n) is 9.90. The summed E-state index contributed by atoms with van der Waals surface area (Å²) in [4.78, 5) is 7.27. The van der Waals surface area contributed by atoms with Gasteiger partial charge in [0.2, 0.25) is 0 Å². The largest absolute Gasteiger partial charge is 0.493 e. The Morgan fingerprint density at radius 2 is 1.93 bits per heavy atom. The second-order valence-electron chi connectivity index (χ2n) is 7.44. The quantitative estimate of drug-likeness (QED) is 0.731. The second-order valence-corrected chi connectivity index (χ2v) is 7.44. The number of methoxy groups -OCH3 is 1. The number of aromatic nitrogens is 3. The summed E-state index contributed by atoms with van der Waals surface area (Å²) in [7, 11) is 1.67. The molecule has 0 atom stereocenters. The lowest BCUT2D eigenvalue weighted by atomic mass is 9.99. The molecule has 7 heteroatoms. The zero-order chi connectivity index (χ0) is 18.9. The smallest absolute Gasteiger partial charge is 0.161 e. The highest BCUT2D eigenvalue weighted by atomic mass is 16.5. The van der Waals surface area contributed by atoms with E-state index < -0.39 is 0 Å². The average Bonchev–Trinajstić information content (AvgIpc) is 3.03. The lowest BCUT2D eigenvalue weighted by Gasteiger charge is -2.41. The number of para-hydroxylation sites is 2. The van der Waals surface area contributed by atoms with Crippen molar-refractivity contribution in [3.05, 3.63) is 47.8 Å². The van der Waals surface area contributed by atoms with Crippen LogP contribution in [0.1, 0.15) is 11.3 Å². The first kappa shape index (κ1) is 17.3. The summed E-state index contributed by atoms with van der Waals surface area (Å²) in [6.07, 6.45) is 3.80. The number of nitrogens with one attached hydrogen (secondary N) is 1. The third-order valence-electron chi connectivity index (χ3n) is 5.58. The van der Waals surface area contributed by atoms with Crippen molar-refractivity contribution in [1.82, 2.24) is 19.9 Å². The van der Waals surface area contributed by atoms with Gasteiger partial charge >= 0.3 is 0 Å². The van der Waals surface area contributed by atoms with Crippen molar-refractivity contribution in [2.45, 2.75) is 12.8 Å². The van der Waals surface area contributed by atoms with Gasteiger partial charge in [-0.15, -0.1) is 0 Å². The SMILES string of the molecule is COc1ccccc1OCC1CN(c2c3c(nc4ccnn24)CCNCC3)C1. The minimum Gasteiger partial charge on any atom is -0.493 e. The lowest BCUT2D eigenvalue weighted by Crippen LogP contribution is -2.50. The summed E-state index contributed by atoms with van der Waals surface area (Å²) in [5.41, 5.74) is 3.48. The molecule has 0 aliphatic carbocycles. The molecule has 2 aromatic heterocycles. The van der Waals surface area contributed by atoms with Crippen LogP contribution in [0.15, 0.2) is 36.5 Å². The van der Waals surface area contributed by atoms with Crippen molar-refractivity contribution < 1.29 is 9.47 Å². The van der Waals surface area contributed by atoms with Gasteiger partial charge in [-0.1, -0.05) is 12.1 Å². The van der Waals surface area contributed by atoms with E-state index in [1.807, 2.05) is 41.0 Å². The molecule has 0 unspecified atom stereocenters. The topological polar surface area (TPSA) is 63.9 Å². The number of benzene rings is 1. The van der Waals surface area contributed by atoms with E-state index in [0.29, 0.717) is 12.5 Å². The van der Waals surface area contributed by atoms with Gasteiger partial charge in [0.25, 0.3) is 0 Å². The van der Waals surface area contributed by atoms with Crippen LogP contribution >= 0.6 is 0 Å². The molecular weight excluding hydrogens is 354 g/mol. The summed E-state index contributed by atoms with van der Waals surface area (Å²) in [6.45, 7) is 4.59. The van der Waals surface area contributed by atoms with E-state index in [4.69, 9.17) is 14.5 Å². The Labute approximate surface area is 164 Å². The molecule has 7 nitrogen and oxygen atoms in total. The van der Waals surface area contributed by atoms with Gasteiger partial charge in [-0.05, 0) is 25.1 Å². The molecule has 28 heavy (non-hydrogen) atoms. The number of fused-ring (bicyclic) bond motifs is 2. The van der Waals surface area contributed by atoms with Crippen molar-refractivity contribution in [2.75, 3.05) is 44.8 Å². The number of hydrogen-bond donors (Lipinski definition) is 1. The van der Waals surface area contributed by atoms with Gasteiger partial charge in [0.15, 0.2) is 17.1 Å². The molecule has 146 valence electrons. The van der Waals surface area contributed by atoms with Crippen LogP contribution in [0.4, 0.5) is 5.82 Å². The van der Waals surface area contributed by atoms with E-state index in [0.717, 1.165) is 56.2 Å². The Hall–Kier alpha value is -2.80. The maximum atomic E-state index is 6.02. The Morgan fingerprint density at radius 1 is 1.11 bits per heavy atom. The predicted molar refractivity (Wildman–Crippen MR) is 107 cm³/mol. The fourth-order valence-electron chi connectivity index (χ4n) is 4.13. The van der Waals surface area contributed by atoms with Crippen LogP contribution in [0.2, 0.25) is 0 Å². The third kappa shape index (κ3) is 3.05. The molecule has 5 rings (SSSR count). The number of ether oxygens (including phenoxy) is 2. The minimum atomic E-state index is 0.489. The summed E-state index contributed by atoms with van der Waals surface area (Å²) in [5.74, 6) is 3.29. The number of nitrogens with zero attached hydrogens (tertiary/aromatic N) is 4. The molecule has 1 saturated heterocycles. The third-order valence-corrected chi connectivity index (χ3v) is 5.58. The number of anilines is 1. The average molecular weight is 379 g/mol. The van der Waals surface area contributed by atoms with E-state index >= 15 is 0 Å². The van der Waals surface area contributed by atoms with Crippen molar-refractivity contribution in [1.29, 1.82) is 0 Å². The Kier molecular flexibility index (Phi) is 4.52.